The maximum Gasteiger partial charge on any atom is 0.269 e. The van der Waals surface area contributed by atoms with Gasteiger partial charge in [0.05, 0.1) is 21.2 Å². The maximum absolute atomic E-state index is 11.1. The van der Waals surface area contributed by atoms with E-state index in [1.807, 2.05) is 37.3 Å². The van der Waals surface area contributed by atoms with E-state index in [1.165, 1.54) is 29.0 Å². The first-order valence-corrected chi connectivity index (χ1v) is 10.9. The Morgan fingerprint density at radius 1 is 1.03 bits per heavy atom. The van der Waals surface area contributed by atoms with Gasteiger partial charge in [0.2, 0.25) is 5.13 Å². The second kappa shape index (κ2) is 9.11. The van der Waals surface area contributed by atoms with Crippen molar-refractivity contribution < 1.29 is 4.92 Å². The van der Waals surface area contributed by atoms with Crippen LogP contribution in [0, 0.1) is 24.0 Å². The van der Waals surface area contributed by atoms with E-state index in [2.05, 4.69) is 42.6 Å². The van der Waals surface area contributed by atoms with Gasteiger partial charge in [0, 0.05) is 17.7 Å². The van der Waals surface area contributed by atoms with Gasteiger partial charge in [-0.1, -0.05) is 65.4 Å². The summed E-state index contributed by atoms with van der Waals surface area (Å²) in [5.74, 6) is 0. The number of nitro groups is 1. The maximum atomic E-state index is 11.1. The van der Waals surface area contributed by atoms with Crippen LogP contribution in [0.1, 0.15) is 23.6 Å². The molecule has 0 saturated heterocycles. The molecule has 0 saturated carbocycles. The van der Waals surface area contributed by atoms with Gasteiger partial charge in [-0.05, 0) is 49.6 Å². The number of hydrogen-bond donors (Lipinski definition) is 1. The minimum Gasteiger partial charge on any atom is -0.258 e. The molecule has 6 nitrogen and oxygen atoms in total. The van der Waals surface area contributed by atoms with Crippen LogP contribution in [0.5, 0.6) is 0 Å². The summed E-state index contributed by atoms with van der Waals surface area (Å²) in [5, 5.41) is 16.2. The fraction of sp³-hybridized carbons (Fsp3) is 0.120. The van der Waals surface area contributed by atoms with Crippen LogP contribution in [-0.4, -0.2) is 15.6 Å². The van der Waals surface area contributed by atoms with Crippen molar-refractivity contribution >= 4 is 27.9 Å². The first-order chi connectivity index (χ1) is 15.4. The van der Waals surface area contributed by atoms with Crippen LogP contribution >= 0.6 is 11.3 Å². The molecule has 0 atom stereocenters. The number of aryl methyl sites for hydroxylation is 2. The molecule has 0 bridgehead atoms. The smallest absolute Gasteiger partial charge is 0.258 e. The van der Waals surface area contributed by atoms with Crippen LogP contribution in [0.4, 0.5) is 10.8 Å². The van der Waals surface area contributed by atoms with E-state index in [4.69, 9.17) is 4.98 Å². The predicted molar refractivity (Wildman–Crippen MR) is 131 cm³/mol. The van der Waals surface area contributed by atoms with Crippen molar-refractivity contribution in [1.29, 1.82) is 0 Å². The Bertz CT molecular complexity index is 1300. The van der Waals surface area contributed by atoms with Crippen LogP contribution in [0.3, 0.4) is 0 Å². The minimum atomic E-state index is -0.393. The number of hydrogen-bond acceptors (Lipinski definition) is 6. The number of anilines is 1. The molecule has 32 heavy (non-hydrogen) atoms. The molecule has 0 aliphatic heterocycles. The number of non-ortho nitro benzene ring substituents is 1. The van der Waals surface area contributed by atoms with E-state index in [1.54, 1.807) is 12.1 Å². The molecule has 0 aliphatic rings. The van der Waals surface area contributed by atoms with Crippen molar-refractivity contribution in [3.8, 4) is 21.7 Å². The first kappa shape index (κ1) is 21.4. The highest BCUT2D eigenvalue weighted by Gasteiger charge is 2.18. The Balaban J connectivity index is 1.75. The highest BCUT2D eigenvalue weighted by molar-refractivity contribution is 7.19. The zero-order valence-electron chi connectivity index (χ0n) is 18.0. The number of rotatable bonds is 6. The molecule has 0 aliphatic carbocycles. The molecule has 0 spiro atoms. The Labute approximate surface area is 190 Å². The third-order valence-electron chi connectivity index (χ3n) is 5.12. The average molecular weight is 443 g/mol. The molecule has 3 aromatic carbocycles. The summed E-state index contributed by atoms with van der Waals surface area (Å²) >= 11 is 1.47. The molecule has 0 fully saturated rings. The lowest BCUT2D eigenvalue weighted by atomic mass is 10.0. The number of benzene rings is 3. The predicted octanol–water partition coefficient (Wildman–Crippen LogP) is 6.84. The van der Waals surface area contributed by atoms with Crippen molar-refractivity contribution in [3.05, 3.63) is 99.6 Å². The summed E-state index contributed by atoms with van der Waals surface area (Å²) in [6.45, 7) is 6.06. The number of thiazole rings is 1. The Morgan fingerprint density at radius 3 is 2.41 bits per heavy atom. The summed E-state index contributed by atoms with van der Waals surface area (Å²) in [6, 6.07) is 22.8. The highest BCUT2D eigenvalue weighted by Crippen LogP contribution is 2.40. The molecule has 7 heteroatoms. The van der Waals surface area contributed by atoms with Crippen molar-refractivity contribution in [3.63, 3.8) is 0 Å². The van der Waals surface area contributed by atoms with Gasteiger partial charge < -0.3 is 0 Å². The fourth-order valence-corrected chi connectivity index (χ4v) is 4.36. The zero-order chi connectivity index (χ0) is 22.7. The summed E-state index contributed by atoms with van der Waals surface area (Å²) in [7, 11) is 0. The van der Waals surface area contributed by atoms with Gasteiger partial charge in [0.15, 0.2) is 0 Å². The average Bonchev–Trinajstić information content (AvgIpc) is 3.22. The second-order valence-corrected chi connectivity index (χ2v) is 8.49. The molecule has 1 aromatic heterocycles. The van der Waals surface area contributed by atoms with Gasteiger partial charge in [-0.15, -0.1) is 0 Å². The largest absolute Gasteiger partial charge is 0.269 e. The highest BCUT2D eigenvalue weighted by atomic mass is 32.1. The fourth-order valence-electron chi connectivity index (χ4n) is 3.44. The van der Waals surface area contributed by atoms with Gasteiger partial charge >= 0.3 is 0 Å². The first-order valence-electron chi connectivity index (χ1n) is 10.1. The van der Waals surface area contributed by atoms with E-state index in [0.717, 1.165) is 38.5 Å². The topological polar surface area (TPSA) is 80.4 Å². The molecule has 1 heterocycles. The molecule has 1 N–H and O–H groups in total. The van der Waals surface area contributed by atoms with Gasteiger partial charge in [-0.2, -0.15) is 5.10 Å². The SMILES string of the molecule is C/C(=N/Nc1nc(-c2ccc(C)cc2C)c(-c2ccc([N+](=O)[O-])cc2)s1)c1ccccc1. The van der Waals surface area contributed by atoms with Gasteiger partial charge in [-0.25, -0.2) is 4.98 Å². The van der Waals surface area contributed by atoms with E-state index < -0.39 is 4.92 Å². The van der Waals surface area contributed by atoms with Crippen molar-refractivity contribution in [2.45, 2.75) is 20.8 Å². The lowest BCUT2D eigenvalue weighted by molar-refractivity contribution is -0.384. The van der Waals surface area contributed by atoms with Crippen LogP contribution in [0.25, 0.3) is 21.7 Å². The second-order valence-electron chi connectivity index (χ2n) is 7.49. The van der Waals surface area contributed by atoms with E-state index in [-0.39, 0.29) is 5.69 Å². The molecular formula is C25H22N4O2S. The lowest BCUT2D eigenvalue weighted by Crippen LogP contribution is -1.99. The molecule has 4 aromatic rings. The molecule has 4 rings (SSSR count). The van der Waals surface area contributed by atoms with E-state index in [0.29, 0.717) is 5.13 Å². The molecular weight excluding hydrogens is 420 g/mol. The zero-order valence-corrected chi connectivity index (χ0v) is 18.8. The molecule has 160 valence electrons. The quantitative estimate of drug-likeness (QED) is 0.201. The Morgan fingerprint density at radius 2 is 1.75 bits per heavy atom. The summed E-state index contributed by atoms with van der Waals surface area (Å²) in [6.07, 6.45) is 0. The number of nitrogens with zero attached hydrogens (tertiary/aromatic N) is 3. The van der Waals surface area contributed by atoms with Gasteiger partial charge in [-0.3, -0.25) is 15.5 Å². The van der Waals surface area contributed by atoms with Crippen LogP contribution < -0.4 is 5.43 Å². The van der Waals surface area contributed by atoms with Gasteiger partial charge in [0.25, 0.3) is 5.69 Å². The van der Waals surface area contributed by atoms with Crippen molar-refractivity contribution in [1.82, 2.24) is 4.98 Å². The van der Waals surface area contributed by atoms with Gasteiger partial charge in [0.1, 0.15) is 0 Å². The minimum absolute atomic E-state index is 0.0627. The number of nitrogens with one attached hydrogen (secondary N) is 1. The van der Waals surface area contributed by atoms with Crippen molar-refractivity contribution in [2.24, 2.45) is 5.10 Å². The number of nitro benzene ring substituents is 1. The Hall–Kier alpha value is -3.84. The normalized spacial score (nSPS) is 11.4. The van der Waals surface area contributed by atoms with Crippen molar-refractivity contribution in [2.75, 3.05) is 5.43 Å². The van der Waals surface area contributed by atoms with Crippen LogP contribution in [0.2, 0.25) is 0 Å². The number of hydrazone groups is 1. The van der Waals surface area contributed by atoms with E-state index >= 15 is 0 Å². The third-order valence-corrected chi connectivity index (χ3v) is 6.12. The molecule has 0 unspecified atom stereocenters. The molecule has 0 radical (unpaired) electrons. The summed E-state index contributed by atoms with van der Waals surface area (Å²) < 4.78 is 0. The molecule has 0 amide bonds. The standard InChI is InChI=1S/C25H22N4O2S/c1-16-9-14-22(17(2)15-16)23-24(20-10-12-21(13-11-20)29(30)31)32-25(26-23)28-27-18(3)19-7-5-4-6-8-19/h4-15H,1-3H3,(H,26,28)/b27-18-. The summed E-state index contributed by atoms with van der Waals surface area (Å²) in [5.41, 5.74) is 10.1. The Kier molecular flexibility index (Phi) is 6.09. The van der Waals surface area contributed by atoms with Crippen LogP contribution in [0.15, 0.2) is 77.9 Å². The van der Waals surface area contributed by atoms with E-state index in [9.17, 15) is 10.1 Å². The number of aromatic nitrogens is 1. The monoisotopic (exact) mass is 442 g/mol. The lowest BCUT2D eigenvalue weighted by Gasteiger charge is -2.07. The van der Waals surface area contributed by atoms with Crippen LogP contribution in [-0.2, 0) is 0 Å². The third kappa shape index (κ3) is 4.58. The summed E-state index contributed by atoms with van der Waals surface area (Å²) in [4.78, 5) is 16.4.